The Balaban J connectivity index is 1.23. The van der Waals surface area contributed by atoms with Crippen LogP contribution in [0.4, 0.5) is 5.82 Å². The number of aryl methyl sites for hydroxylation is 1. The maximum atomic E-state index is 4.53. The van der Waals surface area contributed by atoms with Crippen LogP contribution in [0.2, 0.25) is 0 Å². The van der Waals surface area contributed by atoms with E-state index >= 15 is 0 Å². The van der Waals surface area contributed by atoms with Gasteiger partial charge in [-0.15, -0.1) is 0 Å². The maximum absolute atomic E-state index is 4.53. The molecule has 29 heavy (non-hydrogen) atoms. The average molecular weight is 391 g/mol. The van der Waals surface area contributed by atoms with Gasteiger partial charge in [0.15, 0.2) is 5.96 Å². The second-order valence-electron chi connectivity index (χ2n) is 7.49. The third-order valence-electron chi connectivity index (χ3n) is 5.47. The number of para-hydroxylation sites is 1. The van der Waals surface area contributed by atoms with Gasteiger partial charge < -0.3 is 20.1 Å². The van der Waals surface area contributed by atoms with Gasteiger partial charge in [-0.2, -0.15) is 0 Å². The lowest BCUT2D eigenvalue weighted by atomic mass is 10.2. The molecule has 4 rings (SSSR count). The van der Waals surface area contributed by atoms with Crippen molar-refractivity contribution in [2.45, 2.75) is 32.4 Å². The number of nitrogens with one attached hydrogen (secondary N) is 2. The molecule has 6 heteroatoms. The number of anilines is 1. The summed E-state index contributed by atoms with van der Waals surface area (Å²) >= 11 is 0. The first-order valence-corrected chi connectivity index (χ1v) is 10.5. The lowest BCUT2D eigenvalue weighted by Crippen LogP contribution is -2.37. The summed E-state index contributed by atoms with van der Waals surface area (Å²) in [6.45, 7) is 4.83. The van der Waals surface area contributed by atoms with E-state index in [1.54, 1.807) is 0 Å². The second kappa shape index (κ2) is 9.45. The highest BCUT2D eigenvalue weighted by Gasteiger charge is 2.13. The Kier molecular flexibility index (Phi) is 6.29. The van der Waals surface area contributed by atoms with Crippen molar-refractivity contribution >= 4 is 22.7 Å². The molecule has 0 amide bonds. The fourth-order valence-electron chi connectivity index (χ4n) is 3.89. The molecule has 0 atom stereocenters. The smallest absolute Gasteiger partial charge is 0.191 e. The molecule has 3 heterocycles. The van der Waals surface area contributed by atoms with Crippen molar-refractivity contribution in [3.8, 4) is 0 Å². The van der Waals surface area contributed by atoms with Crippen molar-refractivity contribution in [1.82, 2.24) is 20.2 Å². The lowest BCUT2D eigenvalue weighted by Gasteiger charge is -2.17. The van der Waals surface area contributed by atoms with Crippen LogP contribution in [0.15, 0.2) is 59.9 Å². The van der Waals surface area contributed by atoms with Crippen molar-refractivity contribution in [2.75, 3.05) is 31.6 Å². The minimum Gasteiger partial charge on any atom is -0.357 e. The van der Waals surface area contributed by atoms with E-state index < -0.39 is 0 Å². The Hall–Kier alpha value is -3.02. The van der Waals surface area contributed by atoms with Crippen molar-refractivity contribution < 1.29 is 0 Å². The molecule has 0 spiro atoms. The van der Waals surface area contributed by atoms with Crippen LogP contribution in [-0.4, -0.2) is 42.2 Å². The van der Waals surface area contributed by atoms with Crippen LogP contribution in [0.5, 0.6) is 0 Å². The summed E-state index contributed by atoms with van der Waals surface area (Å²) < 4.78 is 2.31. The van der Waals surface area contributed by atoms with Gasteiger partial charge in [0.25, 0.3) is 0 Å². The number of hydrogen-bond donors (Lipinski definition) is 2. The van der Waals surface area contributed by atoms with Crippen LogP contribution in [0.3, 0.4) is 0 Å². The molecule has 1 saturated heterocycles. The molecular weight excluding hydrogens is 360 g/mol. The normalized spacial score (nSPS) is 14.5. The second-order valence-corrected chi connectivity index (χ2v) is 7.49. The lowest BCUT2D eigenvalue weighted by molar-refractivity contribution is 0.640. The quantitative estimate of drug-likeness (QED) is 0.369. The third-order valence-corrected chi connectivity index (χ3v) is 5.47. The van der Waals surface area contributed by atoms with Gasteiger partial charge >= 0.3 is 0 Å². The fourth-order valence-corrected chi connectivity index (χ4v) is 3.89. The topological polar surface area (TPSA) is 57.5 Å². The van der Waals surface area contributed by atoms with Crippen molar-refractivity contribution in [1.29, 1.82) is 0 Å². The molecule has 0 unspecified atom stereocenters. The first kappa shape index (κ1) is 19.3. The van der Waals surface area contributed by atoms with Gasteiger partial charge in [0.2, 0.25) is 0 Å². The largest absolute Gasteiger partial charge is 0.357 e. The molecule has 6 nitrogen and oxygen atoms in total. The van der Waals surface area contributed by atoms with Gasteiger partial charge in [0.1, 0.15) is 5.82 Å². The van der Waals surface area contributed by atoms with Crippen LogP contribution in [0.1, 0.15) is 24.8 Å². The van der Waals surface area contributed by atoms with Crippen LogP contribution in [0, 0.1) is 0 Å². The summed E-state index contributed by atoms with van der Waals surface area (Å²) in [6.07, 6.45) is 7.63. The highest BCUT2D eigenvalue weighted by atomic mass is 15.2. The predicted octanol–water partition coefficient (Wildman–Crippen LogP) is 3.39. The molecule has 0 bridgehead atoms. The van der Waals surface area contributed by atoms with E-state index in [2.05, 4.69) is 78.7 Å². The van der Waals surface area contributed by atoms with Gasteiger partial charge in [-0.3, -0.25) is 4.99 Å². The van der Waals surface area contributed by atoms with E-state index in [-0.39, 0.29) is 0 Å². The molecule has 0 aliphatic carbocycles. The van der Waals surface area contributed by atoms with E-state index in [0.29, 0.717) is 0 Å². The first-order chi connectivity index (χ1) is 14.3. The number of hydrogen-bond acceptors (Lipinski definition) is 3. The number of nitrogens with zero attached hydrogens (tertiary/aromatic N) is 4. The SMILES string of the molecule is CN=C(NCCCn1ccc2ccccc21)NCc1ccnc(N2CCCC2)c1. The van der Waals surface area contributed by atoms with Gasteiger partial charge in [0, 0.05) is 57.7 Å². The molecule has 1 aliphatic rings. The van der Waals surface area contributed by atoms with E-state index in [0.717, 1.165) is 50.9 Å². The van der Waals surface area contributed by atoms with Gasteiger partial charge in [-0.1, -0.05) is 18.2 Å². The van der Waals surface area contributed by atoms with E-state index in [1.165, 1.54) is 29.3 Å². The maximum Gasteiger partial charge on any atom is 0.191 e. The Morgan fingerprint density at radius 1 is 1.10 bits per heavy atom. The van der Waals surface area contributed by atoms with E-state index in [1.807, 2.05) is 13.2 Å². The minimum absolute atomic E-state index is 0.741. The Labute approximate surface area is 172 Å². The highest BCUT2D eigenvalue weighted by Crippen LogP contribution is 2.18. The van der Waals surface area contributed by atoms with Crippen molar-refractivity contribution in [3.05, 3.63) is 60.4 Å². The number of guanidine groups is 1. The number of rotatable bonds is 7. The molecule has 1 aliphatic heterocycles. The summed E-state index contributed by atoms with van der Waals surface area (Å²) in [7, 11) is 1.82. The predicted molar refractivity (Wildman–Crippen MR) is 120 cm³/mol. The zero-order chi connectivity index (χ0) is 19.9. The van der Waals surface area contributed by atoms with Crippen molar-refractivity contribution in [2.24, 2.45) is 4.99 Å². The fraction of sp³-hybridized carbons (Fsp3) is 0.391. The van der Waals surface area contributed by atoms with Crippen LogP contribution in [0.25, 0.3) is 10.9 Å². The summed E-state index contributed by atoms with van der Waals surface area (Å²) in [6, 6.07) is 14.9. The number of aromatic nitrogens is 2. The summed E-state index contributed by atoms with van der Waals surface area (Å²) in [5, 5.41) is 8.13. The van der Waals surface area contributed by atoms with Gasteiger partial charge in [-0.25, -0.2) is 4.98 Å². The Bertz CT molecular complexity index is 955. The third kappa shape index (κ3) is 4.88. The minimum atomic E-state index is 0.741. The Morgan fingerprint density at radius 2 is 1.97 bits per heavy atom. The Morgan fingerprint density at radius 3 is 2.83 bits per heavy atom. The highest BCUT2D eigenvalue weighted by molar-refractivity contribution is 5.80. The molecule has 1 fully saturated rings. The number of fused-ring (bicyclic) bond motifs is 1. The molecule has 0 saturated carbocycles. The molecule has 1 aromatic carbocycles. The summed E-state index contributed by atoms with van der Waals surface area (Å²) in [5.41, 5.74) is 2.52. The zero-order valence-electron chi connectivity index (χ0n) is 17.1. The average Bonchev–Trinajstić information content (AvgIpc) is 3.44. The molecule has 3 aromatic rings. The molecule has 2 N–H and O–H groups in total. The van der Waals surface area contributed by atoms with E-state index in [9.17, 15) is 0 Å². The zero-order valence-corrected chi connectivity index (χ0v) is 17.1. The number of benzene rings is 1. The van der Waals surface area contributed by atoms with Crippen LogP contribution < -0.4 is 15.5 Å². The number of pyridine rings is 1. The van der Waals surface area contributed by atoms with Gasteiger partial charge in [-0.05, 0) is 54.5 Å². The first-order valence-electron chi connectivity index (χ1n) is 10.5. The number of aliphatic imine (C=N–C) groups is 1. The van der Waals surface area contributed by atoms with Crippen molar-refractivity contribution in [3.63, 3.8) is 0 Å². The molecule has 0 radical (unpaired) electrons. The van der Waals surface area contributed by atoms with Gasteiger partial charge in [0.05, 0.1) is 0 Å². The standard InChI is InChI=1S/C23H30N6/c1-24-23(26-11-6-15-28-16-10-20-7-2-3-8-21(20)28)27-18-19-9-12-25-22(17-19)29-13-4-5-14-29/h2-3,7-10,12,16-17H,4-6,11,13-15,18H2,1H3,(H2,24,26,27). The summed E-state index contributed by atoms with van der Waals surface area (Å²) in [5.74, 6) is 1.92. The molecule has 152 valence electrons. The monoisotopic (exact) mass is 390 g/mol. The molecule has 2 aromatic heterocycles. The molecular formula is C23H30N6. The van der Waals surface area contributed by atoms with Crippen LogP contribution >= 0.6 is 0 Å². The van der Waals surface area contributed by atoms with E-state index in [4.69, 9.17) is 0 Å². The van der Waals surface area contributed by atoms with Crippen LogP contribution in [-0.2, 0) is 13.1 Å². The summed E-state index contributed by atoms with van der Waals surface area (Å²) in [4.78, 5) is 11.2.